The summed E-state index contributed by atoms with van der Waals surface area (Å²) in [6, 6.07) is 1.46. The Morgan fingerprint density at radius 1 is 1.05 bits per heavy atom. The molecule has 1 heterocycles. The number of rotatable bonds is 3. The topological polar surface area (TPSA) is 18.5 Å². The van der Waals surface area contributed by atoms with Gasteiger partial charge in [-0.15, -0.1) is 0 Å². The molecule has 0 bridgehead atoms. The minimum Gasteiger partial charge on any atom is -0.350 e. The van der Waals surface area contributed by atoms with E-state index in [0.717, 1.165) is 25.0 Å². The monoisotopic (exact) mass is 284 g/mol. The van der Waals surface area contributed by atoms with E-state index in [1.165, 1.54) is 25.3 Å². The number of hydrogen-bond donors (Lipinski definition) is 0. The highest BCUT2D eigenvalue weighted by molar-refractivity contribution is 6.76. The summed E-state index contributed by atoms with van der Waals surface area (Å²) in [5.41, 5.74) is 0.318. The first-order valence-corrected chi connectivity index (χ1v) is 11.6. The lowest BCUT2D eigenvalue weighted by Crippen LogP contribution is -2.45. The van der Waals surface area contributed by atoms with Crippen LogP contribution in [-0.2, 0) is 9.47 Å². The Kier molecular flexibility index (Phi) is 4.21. The van der Waals surface area contributed by atoms with Crippen LogP contribution in [0.25, 0.3) is 0 Å². The summed E-state index contributed by atoms with van der Waals surface area (Å²) in [5.74, 6) is 1.36. The summed E-state index contributed by atoms with van der Waals surface area (Å²) >= 11 is 0. The van der Waals surface area contributed by atoms with E-state index in [0.29, 0.717) is 5.41 Å². The van der Waals surface area contributed by atoms with Gasteiger partial charge in [-0.25, -0.2) is 0 Å². The van der Waals surface area contributed by atoms with Crippen LogP contribution >= 0.6 is 0 Å². The molecule has 0 aromatic rings. The lowest BCUT2D eigenvalue weighted by Gasteiger charge is -2.41. The van der Waals surface area contributed by atoms with E-state index in [-0.39, 0.29) is 5.79 Å². The van der Waals surface area contributed by atoms with Gasteiger partial charge in [0.2, 0.25) is 0 Å². The van der Waals surface area contributed by atoms with E-state index < -0.39 is 8.07 Å². The first-order valence-electron chi connectivity index (χ1n) is 7.89. The van der Waals surface area contributed by atoms with Crippen molar-refractivity contribution in [1.82, 2.24) is 0 Å². The van der Waals surface area contributed by atoms with E-state index in [1.807, 2.05) is 13.8 Å². The van der Waals surface area contributed by atoms with Gasteiger partial charge in [0.15, 0.2) is 5.79 Å². The Bertz CT molecular complexity index is 309. The third kappa shape index (κ3) is 4.05. The van der Waals surface area contributed by atoms with Crippen molar-refractivity contribution >= 4 is 8.07 Å². The molecular formula is C16H32O2Si. The number of ether oxygens (including phenoxy) is 2. The van der Waals surface area contributed by atoms with E-state index in [1.54, 1.807) is 0 Å². The van der Waals surface area contributed by atoms with Gasteiger partial charge in [0, 0.05) is 13.5 Å². The Balaban J connectivity index is 1.90. The van der Waals surface area contributed by atoms with Crippen molar-refractivity contribution in [3.05, 3.63) is 0 Å². The summed E-state index contributed by atoms with van der Waals surface area (Å²) in [6.07, 6.45) is 4.02. The molecule has 1 saturated heterocycles. The zero-order valence-corrected chi connectivity index (χ0v) is 14.7. The first-order chi connectivity index (χ1) is 8.61. The Labute approximate surface area is 120 Å². The summed E-state index contributed by atoms with van der Waals surface area (Å²) in [4.78, 5) is 0. The molecule has 0 amide bonds. The molecule has 2 rings (SSSR count). The molecule has 0 N–H and O–H groups in total. The highest BCUT2D eigenvalue weighted by Crippen LogP contribution is 2.50. The standard InChI is InChI=1S/C16H32O2Si/c1-13-9-16(11-17-15(2,3)18-12-16)10-14(13)7-8-19(4,5)6/h13-14H,7-12H2,1-6H3/t13-,14-/m1/s1. The van der Waals surface area contributed by atoms with E-state index >= 15 is 0 Å². The van der Waals surface area contributed by atoms with Gasteiger partial charge in [0.05, 0.1) is 13.2 Å². The molecule has 2 atom stereocenters. The average molecular weight is 285 g/mol. The largest absolute Gasteiger partial charge is 0.350 e. The maximum absolute atomic E-state index is 5.93. The summed E-state index contributed by atoms with van der Waals surface area (Å²) in [7, 11) is -0.901. The fraction of sp³-hybridized carbons (Fsp3) is 1.00. The molecule has 0 unspecified atom stereocenters. The van der Waals surface area contributed by atoms with Gasteiger partial charge in [0.1, 0.15) is 0 Å². The molecule has 112 valence electrons. The normalized spacial score (nSPS) is 33.8. The molecule has 0 radical (unpaired) electrons. The molecule has 0 aromatic heterocycles. The van der Waals surface area contributed by atoms with Crippen molar-refractivity contribution in [2.75, 3.05) is 13.2 Å². The highest BCUT2D eigenvalue weighted by Gasteiger charge is 2.48. The maximum Gasteiger partial charge on any atom is 0.162 e. The highest BCUT2D eigenvalue weighted by atomic mass is 28.3. The van der Waals surface area contributed by atoms with Crippen LogP contribution in [0.2, 0.25) is 25.7 Å². The van der Waals surface area contributed by atoms with E-state index in [2.05, 4.69) is 26.6 Å². The molecule has 1 spiro atoms. The number of hydrogen-bond acceptors (Lipinski definition) is 2. The lowest BCUT2D eigenvalue weighted by atomic mass is 9.85. The quantitative estimate of drug-likeness (QED) is 0.709. The van der Waals surface area contributed by atoms with Gasteiger partial charge >= 0.3 is 0 Å². The molecular weight excluding hydrogens is 252 g/mol. The predicted molar refractivity (Wildman–Crippen MR) is 83.1 cm³/mol. The van der Waals surface area contributed by atoms with Crippen LogP contribution in [0.5, 0.6) is 0 Å². The lowest BCUT2D eigenvalue weighted by molar-refractivity contribution is -0.285. The predicted octanol–water partition coefficient (Wildman–Crippen LogP) is 4.53. The molecule has 1 aliphatic carbocycles. The van der Waals surface area contributed by atoms with Crippen molar-refractivity contribution in [1.29, 1.82) is 0 Å². The SMILES string of the molecule is C[C@@H]1CC2(COC(C)(C)OC2)C[C@H]1CC[Si](C)(C)C. The smallest absolute Gasteiger partial charge is 0.162 e. The van der Waals surface area contributed by atoms with Gasteiger partial charge in [-0.05, 0) is 38.5 Å². The molecule has 3 heteroatoms. The summed E-state index contributed by atoms with van der Waals surface area (Å²) in [6.45, 7) is 15.7. The van der Waals surface area contributed by atoms with Crippen molar-refractivity contribution < 1.29 is 9.47 Å². The molecule has 2 nitrogen and oxygen atoms in total. The van der Waals surface area contributed by atoms with Crippen LogP contribution in [0.15, 0.2) is 0 Å². The van der Waals surface area contributed by atoms with Crippen molar-refractivity contribution in [3.8, 4) is 0 Å². The third-order valence-corrected chi connectivity index (χ3v) is 6.76. The van der Waals surface area contributed by atoms with Crippen molar-refractivity contribution in [3.63, 3.8) is 0 Å². The second-order valence-corrected chi connectivity index (χ2v) is 14.3. The average Bonchev–Trinajstić information content (AvgIpc) is 2.57. The molecule has 1 saturated carbocycles. The Morgan fingerprint density at radius 3 is 2.16 bits per heavy atom. The minimum atomic E-state index is -0.901. The summed E-state index contributed by atoms with van der Waals surface area (Å²) < 4.78 is 11.9. The van der Waals surface area contributed by atoms with E-state index in [4.69, 9.17) is 9.47 Å². The van der Waals surface area contributed by atoms with E-state index in [9.17, 15) is 0 Å². The van der Waals surface area contributed by atoms with Gasteiger partial charge in [-0.2, -0.15) is 0 Å². The molecule has 19 heavy (non-hydrogen) atoms. The zero-order valence-electron chi connectivity index (χ0n) is 13.7. The zero-order chi connectivity index (χ0) is 14.3. The molecule has 2 fully saturated rings. The fourth-order valence-corrected chi connectivity index (χ4v) is 4.91. The second kappa shape index (κ2) is 5.16. The second-order valence-electron chi connectivity index (χ2n) is 8.72. The van der Waals surface area contributed by atoms with Crippen LogP contribution < -0.4 is 0 Å². The molecule has 2 aliphatic rings. The van der Waals surface area contributed by atoms with Gasteiger partial charge < -0.3 is 9.47 Å². The first kappa shape index (κ1) is 15.5. The third-order valence-electron chi connectivity index (χ3n) is 4.97. The van der Waals surface area contributed by atoms with Crippen LogP contribution in [-0.4, -0.2) is 27.1 Å². The van der Waals surface area contributed by atoms with Crippen LogP contribution in [0.3, 0.4) is 0 Å². The van der Waals surface area contributed by atoms with Gasteiger partial charge in [0.25, 0.3) is 0 Å². The van der Waals surface area contributed by atoms with Crippen LogP contribution in [0.1, 0.15) is 40.0 Å². The fourth-order valence-electron chi connectivity index (χ4n) is 3.67. The van der Waals surface area contributed by atoms with Crippen LogP contribution in [0, 0.1) is 17.3 Å². The van der Waals surface area contributed by atoms with Gasteiger partial charge in [-0.3, -0.25) is 0 Å². The van der Waals surface area contributed by atoms with Crippen LogP contribution in [0.4, 0.5) is 0 Å². The Morgan fingerprint density at radius 2 is 1.63 bits per heavy atom. The summed E-state index contributed by atoms with van der Waals surface area (Å²) in [5, 5.41) is 0. The maximum atomic E-state index is 5.93. The van der Waals surface area contributed by atoms with Gasteiger partial charge in [-0.1, -0.05) is 39.0 Å². The Hall–Kier alpha value is 0.137. The molecule has 1 aliphatic heterocycles. The minimum absolute atomic E-state index is 0.318. The van der Waals surface area contributed by atoms with Crippen molar-refractivity contribution in [2.24, 2.45) is 17.3 Å². The molecule has 0 aromatic carbocycles. The van der Waals surface area contributed by atoms with Crippen molar-refractivity contribution in [2.45, 2.75) is 71.5 Å².